The first kappa shape index (κ1) is 22.9. The summed E-state index contributed by atoms with van der Waals surface area (Å²) in [6.45, 7) is 3.64. The van der Waals surface area contributed by atoms with Crippen LogP contribution in [0.25, 0.3) is 11.0 Å². The molecule has 0 bridgehead atoms. The topological polar surface area (TPSA) is 98.2 Å². The number of fused-ring (bicyclic) bond motifs is 1. The van der Waals surface area contributed by atoms with Gasteiger partial charge in [-0.05, 0) is 42.6 Å². The van der Waals surface area contributed by atoms with E-state index in [4.69, 9.17) is 14.5 Å². The summed E-state index contributed by atoms with van der Waals surface area (Å²) in [6, 6.07) is 11.6. The summed E-state index contributed by atoms with van der Waals surface area (Å²) in [4.78, 5) is 10.5. The Morgan fingerprint density at radius 1 is 1.21 bits per heavy atom. The molecule has 0 amide bonds. The number of rotatable bonds is 9. The number of pyridine rings is 1. The summed E-state index contributed by atoms with van der Waals surface area (Å²) >= 11 is 0. The SMILES string of the molecule is COCCNc1cc(Nc2ccc(P3CCN(C4CC4)CC3)cc2OC)nc2[nH]cc(C#N)c12. The number of aromatic nitrogens is 2. The van der Waals surface area contributed by atoms with Crippen molar-refractivity contribution in [2.24, 2.45) is 0 Å². The summed E-state index contributed by atoms with van der Waals surface area (Å²) in [6.07, 6.45) is 7.00. The van der Waals surface area contributed by atoms with Gasteiger partial charge in [0, 0.05) is 45.0 Å². The normalized spacial score (nSPS) is 17.0. The zero-order valence-corrected chi connectivity index (χ0v) is 20.6. The molecule has 0 spiro atoms. The molecule has 34 heavy (non-hydrogen) atoms. The van der Waals surface area contributed by atoms with Gasteiger partial charge in [0.1, 0.15) is 23.3 Å². The lowest BCUT2D eigenvalue weighted by Crippen LogP contribution is -2.37. The maximum Gasteiger partial charge on any atom is 0.143 e. The second-order valence-electron chi connectivity index (χ2n) is 8.78. The Kier molecular flexibility index (Phi) is 6.87. The van der Waals surface area contributed by atoms with Crippen LogP contribution < -0.4 is 20.7 Å². The van der Waals surface area contributed by atoms with Crippen LogP contribution in [-0.2, 0) is 4.74 Å². The average molecular weight is 479 g/mol. The molecule has 3 aromatic rings. The smallest absolute Gasteiger partial charge is 0.143 e. The van der Waals surface area contributed by atoms with Gasteiger partial charge in [-0.25, -0.2) is 4.98 Å². The molecule has 178 valence electrons. The summed E-state index contributed by atoms with van der Waals surface area (Å²) in [5, 5.41) is 18.5. The molecule has 2 fully saturated rings. The molecule has 3 N–H and O–H groups in total. The van der Waals surface area contributed by atoms with Gasteiger partial charge in [0.2, 0.25) is 0 Å². The predicted molar refractivity (Wildman–Crippen MR) is 138 cm³/mol. The Bertz CT molecular complexity index is 1190. The lowest BCUT2D eigenvalue weighted by atomic mass is 10.2. The number of hydrogen-bond donors (Lipinski definition) is 3. The molecule has 1 aromatic carbocycles. The number of ether oxygens (including phenoxy) is 2. The molecular formula is C25H31N6O2P. The van der Waals surface area contributed by atoms with Crippen molar-refractivity contribution in [3.8, 4) is 11.8 Å². The third-order valence-electron chi connectivity index (χ3n) is 6.57. The number of nitrogens with zero attached hydrogens (tertiary/aromatic N) is 3. The number of anilines is 3. The monoisotopic (exact) mass is 478 g/mol. The second-order valence-corrected chi connectivity index (χ2v) is 11.3. The molecule has 0 radical (unpaired) electrons. The summed E-state index contributed by atoms with van der Waals surface area (Å²) in [7, 11) is 3.24. The van der Waals surface area contributed by atoms with Gasteiger partial charge >= 0.3 is 0 Å². The molecule has 0 atom stereocenters. The molecule has 0 unspecified atom stereocenters. The molecule has 8 nitrogen and oxygen atoms in total. The van der Waals surface area contributed by atoms with E-state index >= 15 is 0 Å². The predicted octanol–water partition coefficient (Wildman–Crippen LogP) is 3.83. The highest BCUT2D eigenvalue weighted by Gasteiger charge is 2.32. The van der Waals surface area contributed by atoms with E-state index in [0.717, 1.165) is 28.6 Å². The number of aromatic amines is 1. The van der Waals surface area contributed by atoms with E-state index in [1.165, 1.54) is 43.6 Å². The van der Waals surface area contributed by atoms with E-state index in [-0.39, 0.29) is 7.92 Å². The van der Waals surface area contributed by atoms with Gasteiger partial charge in [-0.3, -0.25) is 4.90 Å². The molecule has 1 aliphatic heterocycles. The van der Waals surface area contributed by atoms with Gasteiger partial charge in [-0.15, -0.1) is 0 Å². The van der Waals surface area contributed by atoms with Crippen LogP contribution in [-0.4, -0.2) is 73.7 Å². The largest absolute Gasteiger partial charge is 0.495 e. The van der Waals surface area contributed by atoms with Crippen LogP contribution >= 0.6 is 7.92 Å². The van der Waals surface area contributed by atoms with E-state index in [2.05, 4.69) is 44.8 Å². The Morgan fingerprint density at radius 2 is 2.03 bits per heavy atom. The second kappa shape index (κ2) is 10.2. The molecule has 5 rings (SSSR count). The Labute approximate surface area is 201 Å². The third kappa shape index (κ3) is 4.83. The number of benzene rings is 1. The fraction of sp³-hybridized carbons (Fsp3) is 0.440. The number of hydrogen-bond acceptors (Lipinski definition) is 7. The van der Waals surface area contributed by atoms with E-state index < -0.39 is 0 Å². The van der Waals surface area contributed by atoms with E-state index in [1.54, 1.807) is 20.4 Å². The van der Waals surface area contributed by atoms with Gasteiger partial charge in [-0.2, -0.15) is 5.26 Å². The van der Waals surface area contributed by atoms with Crippen LogP contribution in [0.3, 0.4) is 0 Å². The van der Waals surface area contributed by atoms with Crippen LogP contribution in [0.15, 0.2) is 30.5 Å². The van der Waals surface area contributed by atoms with Crippen LogP contribution in [0.2, 0.25) is 0 Å². The first-order valence-electron chi connectivity index (χ1n) is 11.8. The van der Waals surface area contributed by atoms with Crippen molar-refractivity contribution in [3.63, 3.8) is 0 Å². The summed E-state index contributed by atoms with van der Waals surface area (Å²) in [5.41, 5.74) is 2.93. The standard InChI is InChI=1S/C25H31N6O2P/c1-32-10-7-27-21-14-23(30-25-24(21)17(15-26)16-28-25)29-20-6-5-19(13-22(20)33-2)34-11-8-31(9-12-34)18-3-4-18/h5-6,13-14,16,18H,3-4,7-12H2,1-2H3,(H3,27,28,29,30). The van der Waals surface area contributed by atoms with Crippen LogP contribution in [0.4, 0.5) is 17.2 Å². The van der Waals surface area contributed by atoms with Crippen molar-refractivity contribution in [1.82, 2.24) is 14.9 Å². The fourth-order valence-corrected chi connectivity index (χ4v) is 6.94. The highest BCUT2D eigenvalue weighted by Crippen LogP contribution is 2.42. The quantitative estimate of drug-likeness (QED) is 0.318. The molecule has 2 aromatic heterocycles. The van der Waals surface area contributed by atoms with Crippen LogP contribution in [0.5, 0.6) is 5.75 Å². The van der Waals surface area contributed by atoms with Crippen LogP contribution in [0.1, 0.15) is 18.4 Å². The molecule has 2 aliphatic rings. The fourth-order valence-electron chi connectivity index (χ4n) is 4.62. The van der Waals surface area contributed by atoms with Crippen molar-refractivity contribution >= 4 is 41.5 Å². The third-order valence-corrected chi connectivity index (χ3v) is 9.06. The zero-order chi connectivity index (χ0) is 23.5. The van der Waals surface area contributed by atoms with E-state index in [0.29, 0.717) is 30.2 Å². The Morgan fingerprint density at radius 3 is 2.74 bits per heavy atom. The highest BCUT2D eigenvalue weighted by molar-refractivity contribution is 7.65. The Balaban J connectivity index is 1.37. The maximum atomic E-state index is 9.49. The van der Waals surface area contributed by atoms with Crippen molar-refractivity contribution < 1.29 is 9.47 Å². The van der Waals surface area contributed by atoms with Crippen molar-refractivity contribution in [2.75, 3.05) is 63.4 Å². The van der Waals surface area contributed by atoms with Gasteiger partial charge in [0.25, 0.3) is 0 Å². The molecule has 1 saturated heterocycles. The average Bonchev–Trinajstić information content (AvgIpc) is 3.64. The van der Waals surface area contributed by atoms with Crippen molar-refractivity contribution in [2.45, 2.75) is 18.9 Å². The first-order chi connectivity index (χ1) is 16.7. The molecular weight excluding hydrogens is 447 g/mol. The highest BCUT2D eigenvalue weighted by atomic mass is 31.1. The van der Waals surface area contributed by atoms with Crippen molar-refractivity contribution in [3.05, 3.63) is 36.0 Å². The molecule has 1 saturated carbocycles. The number of nitriles is 1. The van der Waals surface area contributed by atoms with Gasteiger partial charge in [-0.1, -0.05) is 14.0 Å². The molecule has 1 aliphatic carbocycles. The number of H-pyrrole nitrogens is 1. The molecule has 3 heterocycles. The van der Waals surface area contributed by atoms with Gasteiger partial charge < -0.3 is 25.1 Å². The van der Waals surface area contributed by atoms with Gasteiger partial charge in [0.15, 0.2) is 0 Å². The zero-order valence-electron chi connectivity index (χ0n) is 19.7. The number of methoxy groups -OCH3 is 2. The van der Waals surface area contributed by atoms with Crippen LogP contribution in [0, 0.1) is 11.3 Å². The first-order valence-corrected chi connectivity index (χ1v) is 13.5. The lowest BCUT2D eigenvalue weighted by molar-refractivity contribution is 0.211. The lowest BCUT2D eigenvalue weighted by Gasteiger charge is -2.32. The van der Waals surface area contributed by atoms with E-state index in [1.807, 2.05) is 6.07 Å². The Hall–Kier alpha value is -2.85. The van der Waals surface area contributed by atoms with Gasteiger partial charge in [0.05, 0.1) is 36.0 Å². The maximum absolute atomic E-state index is 9.49. The van der Waals surface area contributed by atoms with Crippen molar-refractivity contribution in [1.29, 1.82) is 5.26 Å². The minimum atomic E-state index is -0.143. The van der Waals surface area contributed by atoms with E-state index in [9.17, 15) is 5.26 Å². The molecule has 9 heteroatoms. The minimum absolute atomic E-state index is 0.143. The summed E-state index contributed by atoms with van der Waals surface area (Å²) in [5.74, 6) is 1.50. The summed E-state index contributed by atoms with van der Waals surface area (Å²) < 4.78 is 10.9. The number of nitrogens with one attached hydrogen (secondary N) is 3. The minimum Gasteiger partial charge on any atom is -0.495 e.